The van der Waals surface area contributed by atoms with E-state index in [4.69, 9.17) is 5.11 Å². The first-order valence-corrected chi connectivity index (χ1v) is 6.46. The first kappa shape index (κ1) is 13.5. The van der Waals surface area contributed by atoms with Crippen LogP contribution in [0.4, 0.5) is 0 Å². The Labute approximate surface area is 107 Å². The van der Waals surface area contributed by atoms with Gasteiger partial charge in [-0.3, -0.25) is 0 Å². The minimum Gasteiger partial charge on any atom is -0.478 e. The first-order valence-electron chi connectivity index (χ1n) is 4.79. The Bertz CT molecular complexity index is 393. The van der Waals surface area contributed by atoms with E-state index < -0.39 is 12.1 Å². The third-order valence-electron chi connectivity index (χ3n) is 2.17. The van der Waals surface area contributed by atoms with Gasteiger partial charge in [0.1, 0.15) is 0 Å². The monoisotopic (exact) mass is 304 g/mol. The van der Waals surface area contributed by atoms with Crippen LogP contribution < -0.4 is 0 Å². The van der Waals surface area contributed by atoms with Gasteiger partial charge in [0.15, 0.2) is 0 Å². The van der Waals surface area contributed by atoms with Crippen molar-refractivity contribution in [2.45, 2.75) is 30.1 Å². The Morgan fingerprint density at radius 1 is 1.44 bits per heavy atom. The molecule has 2 unspecified atom stereocenters. The molecule has 0 aliphatic carbocycles. The predicted octanol–water partition coefficient (Wildman–Crippen LogP) is 3.01. The van der Waals surface area contributed by atoms with Crippen molar-refractivity contribution < 1.29 is 15.0 Å². The standard InChI is InChI=1S/C11H13BrO3S/c1-6(13)7(2)16-8-3-4-10(12)9(5-8)11(14)15/h3-7,13H,1-2H3,(H,14,15). The molecule has 0 saturated heterocycles. The minimum absolute atomic E-state index is 0.0304. The Hall–Kier alpha value is -0.520. The molecule has 16 heavy (non-hydrogen) atoms. The highest BCUT2D eigenvalue weighted by Crippen LogP contribution is 2.29. The summed E-state index contributed by atoms with van der Waals surface area (Å²) in [6, 6.07) is 5.15. The number of carboxylic acid groups (broad SMARTS) is 1. The molecule has 0 amide bonds. The third-order valence-corrected chi connectivity index (χ3v) is 4.15. The number of hydrogen-bond acceptors (Lipinski definition) is 3. The zero-order valence-electron chi connectivity index (χ0n) is 8.98. The molecule has 0 bridgehead atoms. The number of carboxylic acids is 1. The molecule has 0 aromatic heterocycles. The second-order valence-electron chi connectivity index (χ2n) is 3.51. The van der Waals surface area contributed by atoms with E-state index in [0.29, 0.717) is 4.47 Å². The van der Waals surface area contributed by atoms with Crippen LogP contribution in [0.3, 0.4) is 0 Å². The first-order chi connectivity index (χ1) is 7.41. The van der Waals surface area contributed by atoms with Gasteiger partial charge >= 0.3 is 5.97 Å². The van der Waals surface area contributed by atoms with Gasteiger partial charge in [-0.15, -0.1) is 11.8 Å². The highest BCUT2D eigenvalue weighted by atomic mass is 79.9. The lowest BCUT2D eigenvalue weighted by atomic mass is 10.2. The van der Waals surface area contributed by atoms with E-state index in [2.05, 4.69) is 15.9 Å². The van der Waals surface area contributed by atoms with Crippen LogP contribution in [-0.4, -0.2) is 27.5 Å². The number of carbonyl (C=O) groups is 1. The summed E-state index contributed by atoms with van der Waals surface area (Å²) in [5.74, 6) is -0.959. The average Bonchev–Trinajstić information content (AvgIpc) is 2.20. The molecule has 5 heteroatoms. The molecule has 0 aliphatic rings. The van der Waals surface area contributed by atoms with Crippen molar-refractivity contribution in [3.05, 3.63) is 28.2 Å². The van der Waals surface area contributed by atoms with E-state index in [0.717, 1.165) is 4.90 Å². The van der Waals surface area contributed by atoms with Gasteiger partial charge in [-0.1, -0.05) is 6.92 Å². The largest absolute Gasteiger partial charge is 0.478 e. The second-order valence-corrected chi connectivity index (χ2v) is 5.82. The molecule has 3 nitrogen and oxygen atoms in total. The topological polar surface area (TPSA) is 57.5 Å². The molecule has 1 aromatic rings. The van der Waals surface area contributed by atoms with Crippen molar-refractivity contribution in [3.63, 3.8) is 0 Å². The van der Waals surface area contributed by atoms with Gasteiger partial charge in [-0.05, 0) is 41.1 Å². The molecule has 0 heterocycles. The number of hydrogen-bond donors (Lipinski definition) is 2. The summed E-state index contributed by atoms with van der Waals surface area (Å²) in [6.45, 7) is 3.62. The van der Waals surface area contributed by atoms with E-state index in [-0.39, 0.29) is 10.8 Å². The minimum atomic E-state index is -0.959. The van der Waals surface area contributed by atoms with E-state index in [1.54, 1.807) is 19.1 Å². The number of aliphatic hydroxyl groups is 1. The van der Waals surface area contributed by atoms with Gasteiger partial charge in [0.05, 0.1) is 11.7 Å². The van der Waals surface area contributed by atoms with Crippen LogP contribution in [-0.2, 0) is 0 Å². The van der Waals surface area contributed by atoms with Gasteiger partial charge in [0.25, 0.3) is 0 Å². The predicted molar refractivity (Wildman–Crippen MR) is 68.1 cm³/mol. The molecule has 2 atom stereocenters. The maximum Gasteiger partial charge on any atom is 0.336 e. The third kappa shape index (κ3) is 3.50. The van der Waals surface area contributed by atoms with Crippen molar-refractivity contribution >= 4 is 33.7 Å². The number of rotatable bonds is 4. The quantitative estimate of drug-likeness (QED) is 0.840. The maximum absolute atomic E-state index is 10.9. The van der Waals surface area contributed by atoms with Crippen LogP contribution >= 0.6 is 27.7 Å². The van der Waals surface area contributed by atoms with Gasteiger partial charge in [-0.25, -0.2) is 4.79 Å². The summed E-state index contributed by atoms with van der Waals surface area (Å²) in [6.07, 6.45) is -0.429. The molecular weight excluding hydrogens is 292 g/mol. The Balaban J connectivity index is 2.91. The number of halogens is 1. The highest BCUT2D eigenvalue weighted by Gasteiger charge is 2.13. The van der Waals surface area contributed by atoms with Crippen LogP contribution in [0, 0.1) is 0 Å². The molecule has 0 spiro atoms. The summed E-state index contributed by atoms with van der Waals surface area (Å²) in [7, 11) is 0. The van der Waals surface area contributed by atoms with Gasteiger partial charge < -0.3 is 10.2 Å². The summed E-state index contributed by atoms with van der Waals surface area (Å²) in [5, 5.41) is 18.3. The zero-order valence-corrected chi connectivity index (χ0v) is 11.4. The fraction of sp³-hybridized carbons (Fsp3) is 0.364. The summed E-state index contributed by atoms with van der Waals surface area (Å²) in [4.78, 5) is 11.7. The summed E-state index contributed by atoms with van der Waals surface area (Å²) in [5.41, 5.74) is 0.239. The molecule has 2 N–H and O–H groups in total. The molecule has 0 aliphatic heterocycles. The van der Waals surface area contributed by atoms with Crippen molar-refractivity contribution in [3.8, 4) is 0 Å². The molecule has 0 saturated carbocycles. The zero-order chi connectivity index (χ0) is 12.3. The van der Waals surface area contributed by atoms with Crippen molar-refractivity contribution in [1.29, 1.82) is 0 Å². The van der Waals surface area contributed by atoms with Crippen LogP contribution in [0.25, 0.3) is 0 Å². The molecule has 1 aromatic carbocycles. The number of benzene rings is 1. The lowest BCUT2D eigenvalue weighted by molar-refractivity contribution is 0.0695. The smallest absolute Gasteiger partial charge is 0.336 e. The van der Waals surface area contributed by atoms with E-state index in [1.165, 1.54) is 11.8 Å². The molecule has 1 rings (SSSR count). The van der Waals surface area contributed by atoms with Gasteiger partial charge in [-0.2, -0.15) is 0 Å². The highest BCUT2D eigenvalue weighted by molar-refractivity contribution is 9.10. The molecule has 88 valence electrons. The average molecular weight is 305 g/mol. The SMILES string of the molecule is CC(O)C(C)Sc1ccc(Br)c(C(=O)O)c1. The fourth-order valence-electron chi connectivity index (χ4n) is 1.05. The van der Waals surface area contributed by atoms with E-state index in [9.17, 15) is 9.90 Å². The van der Waals surface area contributed by atoms with Gasteiger partial charge in [0.2, 0.25) is 0 Å². The lowest BCUT2D eigenvalue weighted by Crippen LogP contribution is -2.14. The second kappa shape index (κ2) is 5.70. The number of thioether (sulfide) groups is 1. The van der Waals surface area contributed by atoms with Gasteiger partial charge in [0, 0.05) is 14.6 Å². The van der Waals surface area contributed by atoms with Crippen molar-refractivity contribution in [1.82, 2.24) is 0 Å². The molecule has 0 fully saturated rings. The van der Waals surface area contributed by atoms with Crippen molar-refractivity contribution in [2.24, 2.45) is 0 Å². The Morgan fingerprint density at radius 2 is 2.06 bits per heavy atom. The number of aromatic carboxylic acids is 1. The van der Waals surface area contributed by atoms with Crippen LogP contribution in [0.1, 0.15) is 24.2 Å². The fourth-order valence-corrected chi connectivity index (χ4v) is 2.43. The van der Waals surface area contributed by atoms with Crippen LogP contribution in [0.2, 0.25) is 0 Å². The molecule has 0 radical (unpaired) electrons. The lowest BCUT2D eigenvalue weighted by Gasteiger charge is -2.14. The van der Waals surface area contributed by atoms with E-state index >= 15 is 0 Å². The van der Waals surface area contributed by atoms with Crippen LogP contribution in [0.5, 0.6) is 0 Å². The Kier molecular flexibility index (Phi) is 4.83. The van der Waals surface area contributed by atoms with Crippen LogP contribution in [0.15, 0.2) is 27.6 Å². The Morgan fingerprint density at radius 3 is 2.56 bits per heavy atom. The molecular formula is C11H13BrO3S. The number of aliphatic hydroxyl groups excluding tert-OH is 1. The van der Waals surface area contributed by atoms with Crippen molar-refractivity contribution in [2.75, 3.05) is 0 Å². The van der Waals surface area contributed by atoms with E-state index in [1.807, 2.05) is 13.0 Å². The summed E-state index contributed by atoms with van der Waals surface area (Å²) < 4.78 is 0.564. The normalized spacial score (nSPS) is 14.5. The summed E-state index contributed by atoms with van der Waals surface area (Å²) >= 11 is 4.64. The maximum atomic E-state index is 10.9.